The van der Waals surface area contributed by atoms with E-state index in [4.69, 9.17) is 4.74 Å². The van der Waals surface area contributed by atoms with Crippen LogP contribution >= 0.6 is 0 Å². The molecule has 0 radical (unpaired) electrons. The van der Waals surface area contributed by atoms with Gasteiger partial charge in [0, 0.05) is 12.8 Å². The Kier molecular flexibility index (Phi) is 65.4. The number of aliphatic hydroxyl groups is 2. The van der Waals surface area contributed by atoms with Crippen molar-refractivity contribution in [2.75, 3.05) is 13.2 Å². The Labute approximate surface area is 486 Å². The minimum atomic E-state index is -0.844. The van der Waals surface area contributed by atoms with E-state index in [2.05, 4.69) is 55.6 Å². The van der Waals surface area contributed by atoms with Crippen molar-refractivity contribution in [2.45, 2.75) is 386 Å². The first kappa shape index (κ1) is 75.8. The number of allylic oxidation sites excluding steroid dienone is 7. The minimum Gasteiger partial charge on any atom is -0.466 e. The van der Waals surface area contributed by atoms with Crippen LogP contribution in [0.2, 0.25) is 0 Å². The van der Waals surface area contributed by atoms with E-state index < -0.39 is 12.1 Å². The quantitative estimate of drug-likeness (QED) is 0.0320. The fourth-order valence-corrected chi connectivity index (χ4v) is 10.7. The number of hydrogen-bond acceptors (Lipinski definition) is 5. The summed E-state index contributed by atoms with van der Waals surface area (Å²) in [6, 6.07) is -0.628. The van der Waals surface area contributed by atoms with Crippen LogP contribution in [0, 0.1) is 0 Å². The molecule has 458 valence electrons. The van der Waals surface area contributed by atoms with Crippen molar-refractivity contribution in [3.05, 3.63) is 48.6 Å². The van der Waals surface area contributed by atoms with E-state index >= 15 is 0 Å². The van der Waals surface area contributed by atoms with E-state index in [1.165, 1.54) is 295 Å². The fourth-order valence-electron chi connectivity index (χ4n) is 10.7. The highest BCUT2D eigenvalue weighted by molar-refractivity contribution is 5.76. The molecule has 0 aromatic heterocycles. The summed E-state index contributed by atoms with van der Waals surface area (Å²) in [6.07, 6.45) is 87.6. The summed E-state index contributed by atoms with van der Waals surface area (Å²) in [5.41, 5.74) is 0. The highest BCUT2D eigenvalue weighted by Gasteiger charge is 2.18. The molecule has 0 aliphatic heterocycles. The van der Waals surface area contributed by atoms with E-state index in [0.29, 0.717) is 19.4 Å². The first-order valence-corrected chi connectivity index (χ1v) is 34.9. The van der Waals surface area contributed by atoms with Crippen LogP contribution in [0.4, 0.5) is 0 Å². The van der Waals surface area contributed by atoms with Crippen molar-refractivity contribution in [1.29, 1.82) is 0 Å². The van der Waals surface area contributed by atoms with Crippen LogP contribution < -0.4 is 5.32 Å². The van der Waals surface area contributed by atoms with Gasteiger partial charge in [0.2, 0.25) is 5.91 Å². The molecule has 0 rings (SSSR count). The molecule has 0 bridgehead atoms. The van der Waals surface area contributed by atoms with Gasteiger partial charge < -0.3 is 20.3 Å². The molecule has 1 amide bonds. The predicted octanol–water partition coefficient (Wildman–Crippen LogP) is 22.5. The maximum absolute atomic E-state index is 12.5. The predicted molar refractivity (Wildman–Crippen MR) is 342 cm³/mol. The maximum atomic E-state index is 12.5. The van der Waals surface area contributed by atoms with Gasteiger partial charge in [0.05, 0.1) is 25.4 Å². The van der Waals surface area contributed by atoms with E-state index in [1.54, 1.807) is 6.08 Å². The molecule has 6 nitrogen and oxygen atoms in total. The number of aliphatic hydroxyl groups excluding tert-OH is 2. The summed E-state index contributed by atoms with van der Waals surface area (Å²) in [5.74, 6) is -0.0607. The van der Waals surface area contributed by atoms with Crippen LogP contribution in [-0.4, -0.2) is 47.4 Å². The average molecular weight is 1090 g/mol. The molecule has 0 spiro atoms. The molecule has 0 aromatic carbocycles. The van der Waals surface area contributed by atoms with Crippen LogP contribution in [0.5, 0.6) is 0 Å². The van der Waals surface area contributed by atoms with Gasteiger partial charge in [-0.2, -0.15) is 0 Å². The molecule has 0 fully saturated rings. The van der Waals surface area contributed by atoms with E-state index in [1.807, 2.05) is 6.08 Å². The Morgan fingerprint density at radius 2 is 0.641 bits per heavy atom. The van der Waals surface area contributed by atoms with Gasteiger partial charge in [-0.05, 0) is 89.9 Å². The second-order valence-corrected chi connectivity index (χ2v) is 23.9. The van der Waals surface area contributed by atoms with E-state index in [-0.39, 0.29) is 18.5 Å². The normalized spacial score (nSPS) is 12.8. The van der Waals surface area contributed by atoms with Crippen LogP contribution in [0.3, 0.4) is 0 Å². The van der Waals surface area contributed by atoms with Gasteiger partial charge >= 0.3 is 5.97 Å². The largest absolute Gasteiger partial charge is 0.466 e. The molecule has 0 heterocycles. The number of rotatable bonds is 65. The zero-order valence-corrected chi connectivity index (χ0v) is 52.4. The summed E-state index contributed by atoms with van der Waals surface area (Å²) in [7, 11) is 0. The topological polar surface area (TPSA) is 95.9 Å². The number of hydrogen-bond donors (Lipinski definition) is 3. The number of nitrogens with one attached hydrogen (secondary N) is 1. The SMILES string of the molecule is CCCCCCCCC/C=C\CCCCCCCC(=O)OCCCCCCCCCCC/C=C\C/C=C\CCCCCCCCCCCCCCCCCC(=O)NC(CO)C(O)/C=C/CCCCCCCCCCCCCC. The van der Waals surface area contributed by atoms with Crippen molar-refractivity contribution >= 4 is 11.9 Å². The van der Waals surface area contributed by atoms with Gasteiger partial charge in [0.1, 0.15) is 0 Å². The van der Waals surface area contributed by atoms with E-state index in [9.17, 15) is 19.8 Å². The second-order valence-electron chi connectivity index (χ2n) is 23.9. The Hall–Kier alpha value is -2.18. The first-order chi connectivity index (χ1) is 38.5. The Bertz CT molecular complexity index is 1310. The number of carbonyl (C=O) groups excluding carboxylic acids is 2. The molecule has 0 saturated heterocycles. The van der Waals surface area contributed by atoms with Gasteiger partial charge in [-0.1, -0.05) is 319 Å². The number of ether oxygens (including phenoxy) is 1. The number of carbonyl (C=O) groups is 2. The molecular weight excluding hydrogens is 959 g/mol. The highest BCUT2D eigenvalue weighted by Crippen LogP contribution is 2.18. The minimum absolute atomic E-state index is 0.00555. The molecule has 0 aliphatic rings. The first-order valence-electron chi connectivity index (χ1n) is 34.9. The molecule has 0 aromatic rings. The lowest BCUT2D eigenvalue weighted by molar-refractivity contribution is -0.143. The molecule has 0 aliphatic carbocycles. The summed E-state index contributed by atoms with van der Waals surface area (Å²) < 4.78 is 5.49. The molecule has 0 saturated carbocycles. The van der Waals surface area contributed by atoms with Crippen molar-refractivity contribution in [2.24, 2.45) is 0 Å². The van der Waals surface area contributed by atoms with Crippen LogP contribution in [0.1, 0.15) is 373 Å². The van der Waals surface area contributed by atoms with Crippen molar-refractivity contribution in [1.82, 2.24) is 5.32 Å². The van der Waals surface area contributed by atoms with Crippen LogP contribution in [0.25, 0.3) is 0 Å². The molecular formula is C72H135NO5. The Morgan fingerprint density at radius 3 is 0.987 bits per heavy atom. The lowest BCUT2D eigenvalue weighted by Gasteiger charge is -2.20. The standard InChI is InChI=1S/C72H135NO5/c1-3-5-7-9-11-13-15-17-19-38-42-46-50-54-58-62-66-72(77)78-67-63-59-55-51-47-43-39-36-34-32-30-28-26-24-22-20-21-23-25-27-29-31-33-35-37-41-45-49-53-57-61-65-71(76)73-69(68-74)70(75)64-60-56-52-48-44-40-18-16-14-12-10-8-6-4-2/h19,22,24,28,30,38,60,64,69-70,74-75H,3-18,20-21,23,25-27,29,31-37,39-59,61-63,65-68H2,1-2H3,(H,73,76)/b24-22-,30-28-,38-19-,64-60+. The third-order valence-electron chi connectivity index (χ3n) is 16.1. The maximum Gasteiger partial charge on any atom is 0.305 e. The summed E-state index contributed by atoms with van der Waals surface area (Å²) >= 11 is 0. The van der Waals surface area contributed by atoms with E-state index in [0.717, 1.165) is 51.4 Å². The smallest absolute Gasteiger partial charge is 0.305 e. The summed E-state index contributed by atoms with van der Waals surface area (Å²) in [4.78, 5) is 24.5. The Morgan fingerprint density at radius 1 is 0.359 bits per heavy atom. The van der Waals surface area contributed by atoms with Gasteiger partial charge in [-0.15, -0.1) is 0 Å². The van der Waals surface area contributed by atoms with Crippen molar-refractivity contribution in [3.8, 4) is 0 Å². The molecule has 6 heteroatoms. The summed E-state index contributed by atoms with van der Waals surface area (Å²) in [6.45, 7) is 4.91. The lowest BCUT2D eigenvalue weighted by Crippen LogP contribution is -2.45. The highest BCUT2D eigenvalue weighted by atomic mass is 16.5. The van der Waals surface area contributed by atoms with Gasteiger partial charge in [0.25, 0.3) is 0 Å². The second kappa shape index (κ2) is 67.3. The Balaban J connectivity index is 3.40. The van der Waals surface area contributed by atoms with Crippen molar-refractivity contribution < 1.29 is 24.5 Å². The third kappa shape index (κ3) is 63.0. The molecule has 78 heavy (non-hydrogen) atoms. The average Bonchev–Trinajstić information content (AvgIpc) is 3.44. The molecule has 3 N–H and O–H groups in total. The van der Waals surface area contributed by atoms with Crippen LogP contribution in [-0.2, 0) is 14.3 Å². The monoisotopic (exact) mass is 1090 g/mol. The lowest BCUT2D eigenvalue weighted by atomic mass is 10.0. The van der Waals surface area contributed by atoms with Crippen molar-refractivity contribution in [3.63, 3.8) is 0 Å². The number of esters is 1. The zero-order valence-electron chi connectivity index (χ0n) is 52.4. The van der Waals surface area contributed by atoms with Crippen LogP contribution in [0.15, 0.2) is 48.6 Å². The van der Waals surface area contributed by atoms with Gasteiger partial charge in [-0.3, -0.25) is 9.59 Å². The third-order valence-corrected chi connectivity index (χ3v) is 16.1. The number of unbranched alkanes of at least 4 members (excludes halogenated alkanes) is 48. The summed E-state index contributed by atoms with van der Waals surface area (Å²) in [5, 5.41) is 23.1. The molecule has 2 unspecified atom stereocenters. The zero-order chi connectivity index (χ0) is 56.4. The van der Waals surface area contributed by atoms with Gasteiger partial charge in [-0.25, -0.2) is 0 Å². The molecule has 2 atom stereocenters. The fraction of sp³-hybridized carbons (Fsp3) is 0.861. The van der Waals surface area contributed by atoms with Gasteiger partial charge in [0.15, 0.2) is 0 Å². The number of amides is 1.